The molecule has 1 rings (SSSR count). The Labute approximate surface area is 120 Å². The van der Waals surface area contributed by atoms with Crippen molar-refractivity contribution < 1.29 is 13.2 Å². The van der Waals surface area contributed by atoms with Crippen molar-refractivity contribution >= 4 is 15.9 Å². The minimum Gasteiger partial charge on any atom is -0.354 e. The van der Waals surface area contributed by atoms with Crippen LogP contribution in [0.2, 0.25) is 0 Å². The van der Waals surface area contributed by atoms with Gasteiger partial charge in [-0.2, -0.15) is 0 Å². The highest BCUT2D eigenvalue weighted by Gasteiger charge is 2.13. The number of carbonyl (C=O) groups is 1. The molecule has 1 amide bonds. The lowest BCUT2D eigenvalue weighted by atomic mass is 10.2. The number of benzene rings is 1. The maximum atomic E-state index is 11.9. The Hall–Kier alpha value is -1.40. The molecule has 0 saturated heterocycles. The molecule has 0 aliphatic rings. The van der Waals surface area contributed by atoms with E-state index >= 15 is 0 Å². The minimum atomic E-state index is -3.52. The third kappa shape index (κ3) is 5.71. The van der Waals surface area contributed by atoms with Crippen molar-refractivity contribution in [1.82, 2.24) is 10.0 Å². The summed E-state index contributed by atoms with van der Waals surface area (Å²) in [4.78, 5) is 11.8. The molecule has 0 saturated carbocycles. The van der Waals surface area contributed by atoms with Crippen molar-refractivity contribution in [2.24, 2.45) is 0 Å². The normalized spacial score (nSPS) is 12.9. The molecule has 1 atom stereocenters. The number of amides is 1. The van der Waals surface area contributed by atoms with Crippen LogP contribution >= 0.6 is 0 Å². The zero-order valence-electron chi connectivity index (χ0n) is 11.9. The Morgan fingerprint density at radius 2 is 1.90 bits per heavy atom. The summed E-state index contributed by atoms with van der Waals surface area (Å²) in [5.74, 6) is -0.137. The summed E-state index contributed by atoms with van der Waals surface area (Å²) in [7, 11) is -3.52. The molecule has 1 aromatic carbocycles. The molecule has 6 heteroatoms. The second-order valence-corrected chi connectivity index (χ2v) is 6.49. The Bertz CT molecular complexity index is 514. The van der Waals surface area contributed by atoms with Gasteiger partial charge in [0.05, 0.1) is 4.90 Å². The second-order valence-electron chi connectivity index (χ2n) is 4.72. The molecule has 0 spiro atoms. The Morgan fingerprint density at radius 1 is 1.25 bits per heavy atom. The van der Waals surface area contributed by atoms with Crippen LogP contribution < -0.4 is 10.0 Å². The van der Waals surface area contributed by atoms with Gasteiger partial charge in [0, 0.05) is 19.0 Å². The van der Waals surface area contributed by atoms with Gasteiger partial charge in [0.2, 0.25) is 15.9 Å². The lowest BCUT2D eigenvalue weighted by Gasteiger charge is -2.12. The highest BCUT2D eigenvalue weighted by atomic mass is 32.2. The van der Waals surface area contributed by atoms with Gasteiger partial charge >= 0.3 is 0 Å². The van der Waals surface area contributed by atoms with Gasteiger partial charge in [0.15, 0.2) is 0 Å². The average Bonchev–Trinajstić information content (AvgIpc) is 2.39. The summed E-state index contributed by atoms with van der Waals surface area (Å²) >= 11 is 0. The molecule has 0 fully saturated rings. The first kappa shape index (κ1) is 16.7. The summed E-state index contributed by atoms with van der Waals surface area (Å²) in [6.45, 7) is 4.09. The fourth-order valence-corrected chi connectivity index (χ4v) is 2.89. The molecule has 0 aliphatic heterocycles. The topological polar surface area (TPSA) is 75.3 Å². The highest BCUT2D eigenvalue weighted by Crippen LogP contribution is 2.06. The van der Waals surface area contributed by atoms with Crippen LogP contribution in [0.3, 0.4) is 0 Å². The fraction of sp³-hybridized carbons (Fsp3) is 0.500. The van der Waals surface area contributed by atoms with E-state index in [-0.39, 0.29) is 29.8 Å². The maximum absolute atomic E-state index is 11.9. The number of hydrogen-bond acceptors (Lipinski definition) is 3. The van der Waals surface area contributed by atoms with Gasteiger partial charge in [-0.25, -0.2) is 13.1 Å². The first-order valence-electron chi connectivity index (χ1n) is 6.79. The van der Waals surface area contributed by atoms with Gasteiger partial charge in [-0.15, -0.1) is 0 Å². The molecule has 0 bridgehead atoms. The predicted molar refractivity (Wildman–Crippen MR) is 78.8 cm³/mol. The van der Waals surface area contributed by atoms with E-state index in [2.05, 4.69) is 17.0 Å². The summed E-state index contributed by atoms with van der Waals surface area (Å²) in [6.07, 6.45) is 2.06. The smallest absolute Gasteiger partial charge is 0.240 e. The van der Waals surface area contributed by atoms with Gasteiger partial charge in [0.1, 0.15) is 0 Å². The quantitative estimate of drug-likeness (QED) is 0.766. The molecule has 0 heterocycles. The van der Waals surface area contributed by atoms with E-state index < -0.39 is 10.0 Å². The molecule has 1 aromatic rings. The van der Waals surface area contributed by atoms with Crippen molar-refractivity contribution in [3.63, 3.8) is 0 Å². The number of nitrogens with one attached hydrogen (secondary N) is 2. The Balaban J connectivity index is 2.39. The SMILES string of the molecule is CCC[C@@H](C)NC(=O)CCNS(=O)(=O)c1ccccc1. The van der Waals surface area contributed by atoms with Crippen molar-refractivity contribution in [1.29, 1.82) is 0 Å². The molecule has 0 radical (unpaired) electrons. The minimum absolute atomic E-state index is 0.0991. The molecule has 0 aromatic heterocycles. The zero-order valence-corrected chi connectivity index (χ0v) is 12.7. The standard InChI is InChI=1S/C14H22N2O3S/c1-3-7-12(2)16-14(17)10-11-15-20(18,19)13-8-5-4-6-9-13/h4-6,8-9,12,15H,3,7,10-11H2,1-2H3,(H,16,17)/t12-/m1/s1. The molecular weight excluding hydrogens is 276 g/mol. The van der Waals surface area contributed by atoms with Crippen molar-refractivity contribution in [2.75, 3.05) is 6.54 Å². The number of sulfonamides is 1. The van der Waals surface area contributed by atoms with Crippen LogP contribution in [-0.2, 0) is 14.8 Å². The van der Waals surface area contributed by atoms with E-state index in [1.54, 1.807) is 18.2 Å². The van der Waals surface area contributed by atoms with Gasteiger partial charge < -0.3 is 5.32 Å². The fourth-order valence-electron chi connectivity index (χ4n) is 1.83. The Morgan fingerprint density at radius 3 is 2.50 bits per heavy atom. The van der Waals surface area contributed by atoms with E-state index in [0.29, 0.717) is 0 Å². The molecular formula is C14H22N2O3S. The third-order valence-corrected chi connectivity index (χ3v) is 4.30. The predicted octanol–water partition coefficient (Wildman–Crippen LogP) is 1.66. The van der Waals surface area contributed by atoms with E-state index in [1.807, 2.05) is 6.92 Å². The van der Waals surface area contributed by atoms with Crippen LogP contribution in [-0.4, -0.2) is 26.9 Å². The highest BCUT2D eigenvalue weighted by molar-refractivity contribution is 7.89. The van der Waals surface area contributed by atoms with E-state index in [1.165, 1.54) is 12.1 Å². The number of rotatable bonds is 8. The van der Waals surface area contributed by atoms with Crippen LogP contribution in [0.5, 0.6) is 0 Å². The van der Waals surface area contributed by atoms with Gasteiger partial charge in [0.25, 0.3) is 0 Å². The first-order chi connectivity index (χ1) is 9.45. The molecule has 2 N–H and O–H groups in total. The Kier molecular flexibility index (Phi) is 6.67. The molecule has 5 nitrogen and oxygen atoms in total. The second kappa shape index (κ2) is 8.01. The van der Waals surface area contributed by atoms with Crippen molar-refractivity contribution in [2.45, 2.75) is 44.0 Å². The average molecular weight is 298 g/mol. The lowest BCUT2D eigenvalue weighted by molar-refractivity contribution is -0.121. The maximum Gasteiger partial charge on any atom is 0.240 e. The monoisotopic (exact) mass is 298 g/mol. The van der Waals surface area contributed by atoms with E-state index in [0.717, 1.165) is 12.8 Å². The molecule has 112 valence electrons. The van der Waals surface area contributed by atoms with Gasteiger partial charge in [-0.05, 0) is 25.5 Å². The van der Waals surface area contributed by atoms with E-state index in [4.69, 9.17) is 0 Å². The zero-order chi connectivity index (χ0) is 15.0. The summed E-state index contributed by atoms with van der Waals surface area (Å²) in [6, 6.07) is 8.23. The largest absolute Gasteiger partial charge is 0.354 e. The van der Waals surface area contributed by atoms with Gasteiger partial charge in [-0.3, -0.25) is 4.79 Å². The van der Waals surface area contributed by atoms with E-state index in [9.17, 15) is 13.2 Å². The first-order valence-corrected chi connectivity index (χ1v) is 8.28. The van der Waals surface area contributed by atoms with Gasteiger partial charge in [-0.1, -0.05) is 31.5 Å². The van der Waals surface area contributed by atoms with Crippen LogP contribution in [0.25, 0.3) is 0 Å². The van der Waals surface area contributed by atoms with Crippen molar-refractivity contribution in [3.8, 4) is 0 Å². The number of carbonyl (C=O) groups excluding carboxylic acids is 1. The summed E-state index contributed by atoms with van der Waals surface area (Å²) < 4.78 is 26.2. The van der Waals surface area contributed by atoms with Crippen LogP contribution in [0.4, 0.5) is 0 Å². The van der Waals surface area contributed by atoms with Crippen LogP contribution in [0.15, 0.2) is 35.2 Å². The number of hydrogen-bond donors (Lipinski definition) is 2. The summed E-state index contributed by atoms with van der Waals surface area (Å²) in [5, 5.41) is 2.83. The molecule has 0 unspecified atom stereocenters. The summed E-state index contributed by atoms with van der Waals surface area (Å²) in [5.41, 5.74) is 0. The van der Waals surface area contributed by atoms with Crippen LogP contribution in [0.1, 0.15) is 33.1 Å². The molecule has 0 aliphatic carbocycles. The van der Waals surface area contributed by atoms with Crippen molar-refractivity contribution in [3.05, 3.63) is 30.3 Å². The third-order valence-electron chi connectivity index (χ3n) is 2.83. The lowest BCUT2D eigenvalue weighted by Crippen LogP contribution is -2.35. The van der Waals surface area contributed by atoms with Crippen LogP contribution in [0, 0.1) is 0 Å². The molecule has 20 heavy (non-hydrogen) atoms.